The van der Waals surface area contributed by atoms with E-state index in [1.807, 2.05) is 6.21 Å². The lowest BCUT2D eigenvalue weighted by Gasteiger charge is -2.03. The zero-order valence-corrected chi connectivity index (χ0v) is 9.38. The second-order valence-corrected chi connectivity index (χ2v) is 3.69. The lowest BCUT2D eigenvalue weighted by Crippen LogP contribution is -1.81. The predicted molar refractivity (Wildman–Crippen MR) is 63.6 cm³/mol. The van der Waals surface area contributed by atoms with Gasteiger partial charge in [-0.25, -0.2) is 0 Å². The first kappa shape index (κ1) is 11.0. The number of aryl methyl sites for hydroxylation is 2. The second-order valence-electron chi connectivity index (χ2n) is 3.69. The van der Waals surface area contributed by atoms with Gasteiger partial charge in [-0.05, 0) is 37.8 Å². The van der Waals surface area contributed by atoms with E-state index >= 15 is 0 Å². The Morgan fingerprint density at radius 2 is 1.86 bits per heavy atom. The highest BCUT2D eigenvalue weighted by atomic mass is 14.7. The smallest absolute Gasteiger partial charge is 0.0683 e. The first-order valence-electron chi connectivity index (χ1n) is 5.34. The fourth-order valence-corrected chi connectivity index (χ4v) is 1.46. The van der Waals surface area contributed by atoms with Crippen molar-refractivity contribution in [2.45, 2.75) is 40.0 Å². The Morgan fingerprint density at radius 1 is 1.21 bits per heavy atom. The van der Waals surface area contributed by atoms with E-state index in [0.29, 0.717) is 0 Å². The maximum Gasteiger partial charge on any atom is 0.0683 e. The van der Waals surface area contributed by atoms with Crippen LogP contribution in [-0.2, 0) is 0 Å². The van der Waals surface area contributed by atoms with Crippen LogP contribution in [0.15, 0.2) is 23.2 Å². The SMILES string of the molecule is CCCC/C=N\c1c(C)cccc1C. The minimum absolute atomic E-state index is 1.09. The molecule has 0 fully saturated rings. The van der Waals surface area contributed by atoms with E-state index in [4.69, 9.17) is 0 Å². The van der Waals surface area contributed by atoms with Crippen molar-refractivity contribution in [2.75, 3.05) is 0 Å². The molecule has 76 valence electrons. The molecule has 0 aliphatic heterocycles. The molecule has 0 unspecified atom stereocenters. The van der Waals surface area contributed by atoms with Gasteiger partial charge in [-0.1, -0.05) is 31.5 Å². The molecule has 0 amide bonds. The molecule has 0 saturated heterocycles. The predicted octanol–water partition coefficient (Wildman–Crippen LogP) is 4.20. The van der Waals surface area contributed by atoms with Gasteiger partial charge in [-0.3, -0.25) is 4.99 Å². The zero-order chi connectivity index (χ0) is 10.4. The van der Waals surface area contributed by atoms with Crippen LogP contribution in [0, 0.1) is 13.8 Å². The Labute approximate surface area is 86.9 Å². The molecule has 0 bridgehead atoms. The standard InChI is InChI=1S/C13H19N/c1-4-5-6-10-14-13-11(2)8-7-9-12(13)3/h7-10H,4-6H2,1-3H3/b14-10-. The summed E-state index contributed by atoms with van der Waals surface area (Å²) in [5, 5.41) is 0. The Hall–Kier alpha value is -1.11. The molecule has 0 aliphatic rings. The molecule has 0 atom stereocenters. The average Bonchev–Trinajstić information content (AvgIpc) is 2.16. The number of para-hydroxylation sites is 1. The minimum Gasteiger partial charge on any atom is -0.261 e. The Balaban J connectivity index is 2.70. The molecular formula is C13H19N. The first-order chi connectivity index (χ1) is 6.75. The zero-order valence-electron chi connectivity index (χ0n) is 9.38. The monoisotopic (exact) mass is 189 g/mol. The second kappa shape index (κ2) is 5.58. The fraction of sp³-hybridized carbons (Fsp3) is 0.462. The van der Waals surface area contributed by atoms with Gasteiger partial charge in [0.1, 0.15) is 0 Å². The minimum atomic E-state index is 1.09. The van der Waals surface area contributed by atoms with Gasteiger partial charge in [0, 0.05) is 6.21 Å². The highest BCUT2D eigenvalue weighted by Crippen LogP contribution is 2.22. The van der Waals surface area contributed by atoms with E-state index in [9.17, 15) is 0 Å². The van der Waals surface area contributed by atoms with E-state index in [2.05, 4.69) is 44.0 Å². The molecule has 1 heteroatoms. The van der Waals surface area contributed by atoms with Gasteiger partial charge in [0.05, 0.1) is 5.69 Å². The largest absolute Gasteiger partial charge is 0.261 e. The third kappa shape index (κ3) is 2.99. The highest BCUT2D eigenvalue weighted by Gasteiger charge is 1.97. The molecule has 0 heterocycles. The van der Waals surface area contributed by atoms with Crippen LogP contribution in [0.4, 0.5) is 5.69 Å². The third-order valence-electron chi connectivity index (χ3n) is 2.35. The molecule has 1 aromatic rings. The summed E-state index contributed by atoms with van der Waals surface area (Å²) < 4.78 is 0. The van der Waals surface area contributed by atoms with E-state index in [-0.39, 0.29) is 0 Å². The molecule has 0 spiro atoms. The van der Waals surface area contributed by atoms with Crippen LogP contribution in [0.5, 0.6) is 0 Å². The van der Waals surface area contributed by atoms with Gasteiger partial charge < -0.3 is 0 Å². The van der Waals surface area contributed by atoms with E-state index in [0.717, 1.165) is 12.1 Å². The molecule has 0 aliphatic carbocycles. The van der Waals surface area contributed by atoms with E-state index in [1.165, 1.54) is 24.0 Å². The summed E-state index contributed by atoms with van der Waals surface area (Å²) in [6, 6.07) is 6.30. The van der Waals surface area contributed by atoms with Crippen molar-refractivity contribution in [3.8, 4) is 0 Å². The number of nitrogens with zero attached hydrogens (tertiary/aromatic N) is 1. The lowest BCUT2D eigenvalue weighted by molar-refractivity contribution is 0.842. The molecule has 0 saturated carbocycles. The van der Waals surface area contributed by atoms with Gasteiger partial charge >= 0.3 is 0 Å². The third-order valence-corrected chi connectivity index (χ3v) is 2.35. The van der Waals surface area contributed by atoms with E-state index in [1.54, 1.807) is 0 Å². The maximum atomic E-state index is 4.52. The quantitative estimate of drug-likeness (QED) is 0.497. The number of rotatable bonds is 4. The van der Waals surface area contributed by atoms with Crippen LogP contribution in [0.3, 0.4) is 0 Å². The molecular weight excluding hydrogens is 170 g/mol. The molecule has 0 aromatic heterocycles. The van der Waals surface area contributed by atoms with Gasteiger partial charge in [0.25, 0.3) is 0 Å². The normalized spacial score (nSPS) is 11.1. The van der Waals surface area contributed by atoms with Gasteiger partial charge in [-0.2, -0.15) is 0 Å². The molecule has 1 aromatic carbocycles. The maximum absolute atomic E-state index is 4.52. The van der Waals surface area contributed by atoms with Crippen molar-refractivity contribution in [3.63, 3.8) is 0 Å². The first-order valence-corrected chi connectivity index (χ1v) is 5.34. The van der Waals surface area contributed by atoms with Crippen LogP contribution in [0.2, 0.25) is 0 Å². The number of aliphatic imine (C=N–C) groups is 1. The van der Waals surface area contributed by atoms with Crippen molar-refractivity contribution in [2.24, 2.45) is 4.99 Å². The van der Waals surface area contributed by atoms with Crippen LogP contribution >= 0.6 is 0 Å². The van der Waals surface area contributed by atoms with Crippen LogP contribution in [0.1, 0.15) is 37.3 Å². The molecule has 0 N–H and O–H groups in total. The van der Waals surface area contributed by atoms with Crippen molar-refractivity contribution in [1.82, 2.24) is 0 Å². The van der Waals surface area contributed by atoms with Crippen LogP contribution in [-0.4, -0.2) is 6.21 Å². The summed E-state index contributed by atoms with van der Waals surface area (Å²) in [6.45, 7) is 6.42. The topological polar surface area (TPSA) is 12.4 Å². The molecule has 0 radical (unpaired) electrons. The summed E-state index contributed by atoms with van der Waals surface area (Å²) in [7, 11) is 0. The van der Waals surface area contributed by atoms with Gasteiger partial charge in [-0.15, -0.1) is 0 Å². The number of benzene rings is 1. The highest BCUT2D eigenvalue weighted by molar-refractivity contribution is 5.66. The Kier molecular flexibility index (Phi) is 4.37. The summed E-state index contributed by atoms with van der Waals surface area (Å²) in [6.07, 6.45) is 5.59. The van der Waals surface area contributed by atoms with Crippen molar-refractivity contribution in [1.29, 1.82) is 0 Å². The molecule has 1 rings (SSSR count). The number of unbranched alkanes of at least 4 members (excludes halogenated alkanes) is 2. The number of hydrogen-bond acceptors (Lipinski definition) is 1. The van der Waals surface area contributed by atoms with Crippen molar-refractivity contribution >= 4 is 11.9 Å². The van der Waals surface area contributed by atoms with E-state index < -0.39 is 0 Å². The van der Waals surface area contributed by atoms with Gasteiger partial charge in [0.2, 0.25) is 0 Å². The summed E-state index contributed by atoms with van der Waals surface area (Å²) >= 11 is 0. The molecule has 14 heavy (non-hydrogen) atoms. The molecule has 1 nitrogen and oxygen atoms in total. The number of hydrogen-bond donors (Lipinski definition) is 0. The Morgan fingerprint density at radius 3 is 2.43 bits per heavy atom. The Bertz CT molecular complexity index is 293. The van der Waals surface area contributed by atoms with Crippen molar-refractivity contribution in [3.05, 3.63) is 29.3 Å². The van der Waals surface area contributed by atoms with Crippen LogP contribution in [0.25, 0.3) is 0 Å². The summed E-state index contributed by atoms with van der Waals surface area (Å²) in [4.78, 5) is 4.52. The average molecular weight is 189 g/mol. The summed E-state index contributed by atoms with van der Waals surface area (Å²) in [5.74, 6) is 0. The van der Waals surface area contributed by atoms with Crippen molar-refractivity contribution < 1.29 is 0 Å². The van der Waals surface area contributed by atoms with Gasteiger partial charge in [0.15, 0.2) is 0 Å². The van der Waals surface area contributed by atoms with Crippen LogP contribution < -0.4 is 0 Å². The fourth-order valence-electron chi connectivity index (χ4n) is 1.46. The summed E-state index contributed by atoms with van der Waals surface area (Å²) in [5.41, 5.74) is 3.67. The lowest BCUT2D eigenvalue weighted by atomic mass is 10.1.